The number of amides is 1. The molecule has 3 rings (SSSR count). The summed E-state index contributed by atoms with van der Waals surface area (Å²) in [6.45, 7) is 4.20. The number of thioether (sulfide) groups is 1. The van der Waals surface area contributed by atoms with Gasteiger partial charge in [-0.3, -0.25) is 4.79 Å². The summed E-state index contributed by atoms with van der Waals surface area (Å²) >= 11 is 1.64. The van der Waals surface area contributed by atoms with Crippen LogP contribution in [-0.2, 0) is 4.79 Å². The van der Waals surface area contributed by atoms with Crippen LogP contribution in [-0.4, -0.2) is 11.9 Å². The molecule has 1 saturated carbocycles. The molecule has 1 fully saturated rings. The standard InChI is InChI=1S/C19H21NOS/c1-13-8-11-17(14(2)12-13)22-18(15-6-4-3-5-7-15)19(21)20-16-9-10-16/h3-8,11-12,16,18H,9-10H2,1-2H3,(H,20,21). The minimum atomic E-state index is -0.191. The van der Waals surface area contributed by atoms with E-state index in [1.54, 1.807) is 11.8 Å². The molecule has 0 bridgehead atoms. The lowest BCUT2D eigenvalue weighted by Crippen LogP contribution is -2.29. The van der Waals surface area contributed by atoms with Gasteiger partial charge in [-0.15, -0.1) is 11.8 Å². The average molecular weight is 311 g/mol. The maximum atomic E-state index is 12.6. The first-order valence-corrected chi connectivity index (χ1v) is 8.60. The van der Waals surface area contributed by atoms with Gasteiger partial charge < -0.3 is 5.32 Å². The lowest BCUT2D eigenvalue weighted by molar-refractivity contribution is -0.120. The van der Waals surface area contributed by atoms with Gasteiger partial charge in [0.05, 0.1) is 0 Å². The minimum Gasteiger partial charge on any atom is -0.352 e. The Kier molecular flexibility index (Phi) is 4.53. The van der Waals surface area contributed by atoms with Crippen LogP contribution < -0.4 is 5.32 Å². The topological polar surface area (TPSA) is 29.1 Å². The zero-order valence-corrected chi connectivity index (χ0v) is 13.8. The number of benzene rings is 2. The largest absolute Gasteiger partial charge is 0.352 e. The summed E-state index contributed by atoms with van der Waals surface area (Å²) in [7, 11) is 0. The first-order valence-electron chi connectivity index (χ1n) is 7.73. The number of hydrogen-bond acceptors (Lipinski definition) is 2. The monoisotopic (exact) mass is 311 g/mol. The van der Waals surface area contributed by atoms with Crippen molar-refractivity contribution in [3.05, 3.63) is 65.2 Å². The Hall–Kier alpha value is -1.74. The highest BCUT2D eigenvalue weighted by molar-refractivity contribution is 8.00. The highest BCUT2D eigenvalue weighted by atomic mass is 32.2. The summed E-state index contributed by atoms with van der Waals surface area (Å²) in [6.07, 6.45) is 2.23. The van der Waals surface area contributed by atoms with E-state index >= 15 is 0 Å². The Bertz CT molecular complexity index is 664. The molecule has 2 aromatic carbocycles. The van der Waals surface area contributed by atoms with Crippen molar-refractivity contribution in [3.63, 3.8) is 0 Å². The van der Waals surface area contributed by atoms with Crippen LogP contribution in [0.4, 0.5) is 0 Å². The van der Waals surface area contributed by atoms with Gasteiger partial charge in [-0.25, -0.2) is 0 Å². The molecule has 1 atom stereocenters. The number of carbonyl (C=O) groups excluding carboxylic acids is 1. The van der Waals surface area contributed by atoms with E-state index in [0.29, 0.717) is 6.04 Å². The maximum Gasteiger partial charge on any atom is 0.238 e. The van der Waals surface area contributed by atoms with E-state index in [4.69, 9.17) is 0 Å². The number of aryl methyl sites for hydroxylation is 2. The fourth-order valence-electron chi connectivity index (χ4n) is 2.46. The van der Waals surface area contributed by atoms with Gasteiger partial charge in [0, 0.05) is 10.9 Å². The zero-order chi connectivity index (χ0) is 15.5. The van der Waals surface area contributed by atoms with Crippen LogP contribution in [0.1, 0.15) is 34.8 Å². The summed E-state index contributed by atoms with van der Waals surface area (Å²) in [5.74, 6) is 0.124. The van der Waals surface area contributed by atoms with Crippen molar-refractivity contribution in [2.75, 3.05) is 0 Å². The molecule has 0 aromatic heterocycles. The summed E-state index contributed by atoms with van der Waals surface area (Å²) < 4.78 is 0. The molecule has 1 aliphatic carbocycles. The minimum absolute atomic E-state index is 0.124. The van der Waals surface area contributed by atoms with Crippen molar-refractivity contribution in [1.82, 2.24) is 5.32 Å². The molecule has 0 heterocycles. The van der Waals surface area contributed by atoms with Crippen molar-refractivity contribution in [2.45, 2.75) is 42.9 Å². The predicted molar refractivity (Wildman–Crippen MR) is 92.1 cm³/mol. The van der Waals surface area contributed by atoms with E-state index in [9.17, 15) is 4.79 Å². The molecule has 1 amide bonds. The van der Waals surface area contributed by atoms with Gasteiger partial charge in [0.1, 0.15) is 5.25 Å². The van der Waals surface area contributed by atoms with Crippen molar-refractivity contribution in [3.8, 4) is 0 Å². The molecule has 22 heavy (non-hydrogen) atoms. The molecule has 3 heteroatoms. The van der Waals surface area contributed by atoms with E-state index in [1.165, 1.54) is 16.0 Å². The van der Waals surface area contributed by atoms with Crippen LogP contribution in [0.15, 0.2) is 53.4 Å². The molecule has 2 nitrogen and oxygen atoms in total. The predicted octanol–water partition coefficient (Wildman–Crippen LogP) is 4.42. The van der Waals surface area contributed by atoms with Gasteiger partial charge in [0.2, 0.25) is 5.91 Å². The lowest BCUT2D eigenvalue weighted by Gasteiger charge is -2.18. The third kappa shape index (κ3) is 3.72. The Morgan fingerprint density at radius 3 is 2.50 bits per heavy atom. The van der Waals surface area contributed by atoms with Crippen LogP contribution in [0.25, 0.3) is 0 Å². The average Bonchev–Trinajstić information content (AvgIpc) is 3.31. The molecule has 0 spiro atoms. The molecule has 1 unspecified atom stereocenters. The van der Waals surface area contributed by atoms with Gasteiger partial charge in [0.25, 0.3) is 0 Å². The Morgan fingerprint density at radius 1 is 1.14 bits per heavy atom. The Balaban J connectivity index is 1.85. The third-order valence-corrected chi connectivity index (χ3v) is 5.27. The number of nitrogens with one attached hydrogen (secondary N) is 1. The fraction of sp³-hybridized carbons (Fsp3) is 0.316. The summed E-state index contributed by atoms with van der Waals surface area (Å²) in [4.78, 5) is 13.8. The van der Waals surface area contributed by atoms with Crippen molar-refractivity contribution in [2.24, 2.45) is 0 Å². The summed E-state index contributed by atoms with van der Waals surface area (Å²) in [5.41, 5.74) is 3.54. The number of carbonyl (C=O) groups is 1. The van der Waals surface area contributed by atoms with Gasteiger partial charge in [-0.05, 0) is 43.9 Å². The van der Waals surface area contributed by atoms with Gasteiger partial charge in [-0.1, -0.05) is 48.0 Å². The summed E-state index contributed by atoms with van der Waals surface area (Å²) in [6, 6.07) is 16.8. The van der Waals surface area contributed by atoms with Gasteiger partial charge in [0.15, 0.2) is 0 Å². The molecular weight excluding hydrogens is 290 g/mol. The Labute approximate surface area is 136 Å². The van der Waals surface area contributed by atoms with Gasteiger partial charge >= 0.3 is 0 Å². The molecule has 0 radical (unpaired) electrons. The lowest BCUT2D eigenvalue weighted by atomic mass is 10.1. The molecule has 0 saturated heterocycles. The van der Waals surface area contributed by atoms with Crippen LogP contribution in [0.2, 0.25) is 0 Å². The maximum absolute atomic E-state index is 12.6. The normalized spacial score (nSPS) is 15.4. The summed E-state index contributed by atoms with van der Waals surface area (Å²) in [5, 5.41) is 2.95. The second kappa shape index (κ2) is 6.57. The molecule has 1 aliphatic rings. The fourth-order valence-corrected chi connectivity index (χ4v) is 3.58. The first kappa shape index (κ1) is 15.2. The van der Waals surface area contributed by atoms with E-state index < -0.39 is 0 Å². The second-order valence-corrected chi connectivity index (χ2v) is 7.11. The van der Waals surface area contributed by atoms with Crippen LogP contribution in [0.3, 0.4) is 0 Å². The second-order valence-electron chi connectivity index (χ2n) is 5.96. The number of hydrogen-bond donors (Lipinski definition) is 1. The SMILES string of the molecule is Cc1ccc(SC(C(=O)NC2CC2)c2ccccc2)c(C)c1. The van der Waals surface area contributed by atoms with E-state index in [0.717, 1.165) is 18.4 Å². The molecule has 1 N–H and O–H groups in total. The van der Waals surface area contributed by atoms with Crippen LogP contribution in [0, 0.1) is 13.8 Å². The smallest absolute Gasteiger partial charge is 0.238 e. The molecular formula is C19H21NOS. The van der Waals surface area contributed by atoms with Gasteiger partial charge in [-0.2, -0.15) is 0 Å². The first-order chi connectivity index (χ1) is 10.6. The van der Waals surface area contributed by atoms with E-state index in [1.807, 2.05) is 30.3 Å². The number of rotatable bonds is 5. The van der Waals surface area contributed by atoms with Crippen molar-refractivity contribution < 1.29 is 4.79 Å². The molecule has 114 valence electrons. The van der Waals surface area contributed by atoms with E-state index in [-0.39, 0.29) is 11.2 Å². The highest BCUT2D eigenvalue weighted by Gasteiger charge is 2.29. The Morgan fingerprint density at radius 2 is 1.86 bits per heavy atom. The quantitative estimate of drug-likeness (QED) is 0.828. The van der Waals surface area contributed by atoms with Crippen LogP contribution in [0.5, 0.6) is 0 Å². The molecule has 0 aliphatic heterocycles. The van der Waals surface area contributed by atoms with Crippen LogP contribution >= 0.6 is 11.8 Å². The van der Waals surface area contributed by atoms with Crippen molar-refractivity contribution >= 4 is 17.7 Å². The molecule has 2 aromatic rings. The van der Waals surface area contributed by atoms with E-state index in [2.05, 4.69) is 37.4 Å². The third-order valence-electron chi connectivity index (χ3n) is 3.84. The highest BCUT2D eigenvalue weighted by Crippen LogP contribution is 2.38. The zero-order valence-electron chi connectivity index (χ0n) is 13.0. The van der Waals surface area contributed by atoms with Crippen molar-refractivity contribution in [1.29, 1.82) is 0 Å².